The van der Waals surface area contributed by atoms with Gasteiger partial charge in [0.1, 0.15) is 5.82 Å². The SMILES string of the molecule is OCC1CCN(Cc2ccc(N3CCN(Cc4c[nH]c5ccc(Cl)cc45)CC3)nc2)CC1. The molecule has 0 amide bonds. The number of rotatable bonds is 6. The van der Waals surface area contributed by atoms with Crippen LogP contribution < -0.4 is 4.90 Å². The number of aromatic amines is 1. The number of piperazine rings is 1. The standard InChI is InChI=1S/C25H32ClN5O/c26-22-2-3-24-23(13-22)21(15-27-24)17-30-9-11-31(12-10-30)25-4-1-20(14-28-25)16-29-7-5-19(18-32)6-8-29/h1-4,13-15,19,27,32H,5-12,16-18H2. The fourth-order valence-corrected chi connectivity index (χ4v) is 5.11. The summed E-state index contributed by atoms with van der Waals surface area (Å²) in [4.78, 5) is 15.5. The number of piperidine rings is 1. The number of aliphatic hydroxyl groups excluding tert-OH is 1. The zero-order valence-corrected chi connectivity index (χ0v) is 19.3. The number of hydrogen-bond acceptors (Lipinski definition) is 5. The highest BCUT2D eigenvalue weighted by Gasteiger charge is 2.21. The molecule has 4 heterocycles. The summed E-state index contributed by atoms with van der Waals surface area (Å²) in [6.45, 7) is 8.38. The largest absolute Gasteiger partial charge is 0.396 e. The van der Waals surface area contributed by atoms with Gasteiger partial charge in [-0.15, -0.1) is 0 Å². The van der Waals surface area contributed by atoms with Gasteiger partial charge in [-0.3, -0.25) is 9.80 Å². The topological polar surface area (TPSA) is 58.6 Å². The fourth-order valence-electron chi connectivity index (χ4n) is 4.94. The zero-order valence-electron chi connectivity index (χ0n) is 18.5. The van der Waals surface area contributed by atoms with Gasteiger partial charge in [0.2, 0.25) is 0 Å². The minimum Gasteiger partial charge on any atom is -0.396 e. The van der Waals surface area contributed by atoms with E-state index in [0.29, 0.717) is 12.5 Å². The number of anilines is 1. The average molecular weight is 454 g/mol. The Balaban J connectivity index is 1.13. The van der Waals surface area contributed by atoms with E-state index in [9.17, 15) is 5.11 Å². The molecule has 7 heteroatoms. The minimum atomic E-state index is 0.327. The summed E-state index contributed by atoms with van der Waals surface area (Å²) in [6.07, 6.45) is 6.34. The minimum absolute atomic E-state index is 0.327. The Morgan fingerprint density at radius 3 is 2.47 bits per heavy atom. The second-order valence-electron chi connectivity index (χ2n) is 9.19. The van der Waals surface area contributed by atoms with Gasteiger partial charge in [-0.05, 0) is 67.2 Å². The van der Waals surface area contributed by atoms with Crippen molar-refractivity contribution in [3.05, 3.63) is 58.9 Å². The Morgan fingerprint density at radius 2 is 1.75 bits per heavy atom. The number of halogens is 1. The lowest BCUT2D eigenvalue weighted by Gasteiger charge is -2.35. The van der Waals surface area contributed by atoms with Crippen molar-refractivity contribution in [2.24, 2.45) is 5.92 Å². The highest BCUT2D eigenvalue weighted by atomic mass is 35.5. The number of aromatic nitrogens is 2. The van der Waals surface area contributed by atoms with Gasteiger partial charge < -0.3 is 15.0 Å². The van der Waals surface area contributed by atoms with E-state index in [-0.39, 0.29) is 0 Å². The quantitative estimate of drug-likeness (QED) is 0.595. The van der Waals surface area contributed by atoms with Gasteiger partial charge in [0.05, 0.1) is 0 Å². The van der Waals surface area contributed by atoms with E-state index >= 15 is 0 Å². The highest BCUT2D eigenvalue weighted by Crippen LogP contribution is 2.24. The Hall–Kier alpha value is -2.12. The summed E-state index contributed by atoms with van der Waals surface area (Å²) in [5.74, 6) is 1.56. The molecule has 2 saturated heterocycles. The summed E-state index contributed by atoms with van der Waals surface area (Å²) in [6, 6.07) is 10.4. The molecule has 0 spiro atoms. The molecule has 1 aromatic carbocycles. The predicted molar refractivity (Wildman–Crippen MR) is 130 cm³/mol. The summed E-state index contributed by atoms with van der Waals surface area (Å²) in [5.41, 5.74) is 3.72. The number of nitrogens with zero attached hydrogens (tertiary/aromatic N) is 4. The van der Waals surface area contributed by atoms with Gasteiger partial charge in [-0.25, -0.2) is 4.98 Å². The summed E-state index contributed by atoms with van der Waals surface area (Å²) in [5, 5.41) is 11.3. The van der Waals surface area contributed by atoms with Crippen LogP contribution in [0.5, 0.6) is 0 Å². The van der Waals surface area contributed by atoms with E-state index in [1.807, 2.05) is 18.3 Å². The number of pyridine rings is 1. The van der Waals surface area contributed by atoms with Gasteiger partial charge in [0.15, 0.2) is 0 Å². The van der Waals surface area contributed by atoms with E-state index in [1.165, 1.54) is 16.5 Å². The number of aliphatic hydroxyl groups is 1. The Morgan fingerprint density at radius 1 is 0.969 bits per heavy atom. The van der Waals surface area contributed by atoms with Crippen LogP contribution in [-0.2, 0) is 13.1 Å². The molecule has 32 heavy (non-hydrogen) atoms. The lowest BCUT2D eigenvalue weighted by Crippen LogP contribution is -2.46. The number of hydrogen-bond donors (Lipinski definition) is 2. The van der Waals surface area contributed by atoms with Crippen molar-refractivity contribution in [3.63, 3.8) is 0 Å². The molecule has 2 aliphatic heterocycles. The molecule has 170 valence electrons. The number of benzene rings is 1. The van der Waals surface area contributed by atoms with Crippen LogP contribution in [0.3, 0.4) is 0 Å². The number of H-pyrrole nitrogens is 1. The van der Waals surface area contributed by atoms with Crippen LogP contribution in [-0.4, -0.2) is 70.7 Å². The lowest BCUT2D eigenvalue weighted by molar-refractivity contribution is 0.127. The molecular formula is C25H32ClN5O. The normalized spacial score (nSPS) is 19.1. The van der Waals surface area contributed by atoms with Gasteiger partial charge in [0, 0.05) is 74.2 Å². The van der Waals surface area contributed by atoms with Crippen LogP contribution in [0.1, 0.15) is 24.0 Å². The van der Waals surface area contributed by atoms with E-state index < -0.39 is 0 Å². The van der Waals surface area contributed by atoms with Crippen molar-refractivity contribution in [3.8, 4) is 0 Å². The fraction of sp³-hybridized carbons (Fsp3) is 0.480. The third-order valence-electron chi connectivity index (χ3n) is 7.00. The van der Waals surface area contributed by atoms with Crippen LogP contribution in [0, 0.1) is 5.92 Å². The third-order valence-corrected chi connectivity index (χ3v) is 7.24. The van der Waals surface area contributed by atoms with Gasteiger partial charge in [-0.1, -0.05) is 17.7 Å². The first-order valence-corrected chi connectivity index (χ1v) is 12.1. The molecule has 3 aromatic rings. The molecule has 5 rings (SSSR count). The van der Waals surface area contributed by atoms with Crippen molar-refractivity contribution >= 4 is 28.3 Å². The van der Waals surface area contributed by atoms with E-state index in [2.05, 4.69) is 44.1 Å². The average Bonchev–Trinajstić information content (AvgIpc) is 3.22. The molecule has 6 nitrogen and oxygen atoms in total. The predicted octanol–water partition coefficient (Wildman–Crippen LogP) is 3.74. The highest BCUT2D eigenvalue weighted by molar-refractivity contribution is 6.31. The molecule has 0 radical (unpaired) electrons. The van der Waals surface area contributed by atoms with Crippen LogP contribution in [0.15, 0.2) is 42.7 Å². The molecule has 0 bridgehead atoms. The number of nitrogens with one attached hydrogen (secondary N) is 1. The molecule has 2 aromatic heterocycles. The molecule has 2 fully saturated rings. The first-order valence-electron chi connectivity index (χ1n) is 11.7. The first kappa shape index (κ1) is 21.7. The molecule has 0 atom stereocenters. The maximum Gasteiger partial charge on any atom is 0.128 e. The van der Waals surface area contributed by atoms with Gasteiger partial charge >= 0.3 is 0 Å². The number of fused-ring (bicyclic) bond motifs is 1. The van der Waals surface area contributed by atoms with Crippen LogP contribution >= 0.6 is 11.6 Å². The van der Waals surface area contributed by atoms with Gasteiger partial charge in [0.25, 0.3) is 0 Å². The second-order valence-corrected chi connectivity index (χ2v) is 9.63. The summed E-state index contributed by atoms with van der Waals surface area (Å²) < 4.78 is 0. The van der Waals surface area contributed by atoms with Crippen molar-refractivity contribution < 1.29 is 5.11 Å². The molecule has 2 N–H and O–H groups in total. The Bertz CT molecular complexity index is 1020. The number of likely N-dealkylation sites (tertiary alicyclic amines) is 1. The lowest BCUT2D eigenvalue weighted by atomic mass is 9.98. The smallest absolute Gasteiger partial charge is 0.128 e. The van der Waals surface area contributed by atoms with E-state index in [4.69, 9.17) is 16.6 Å². The second kappa shape index (κ2) is 9.79. The Kier molecular flexibility index (Phi) is 6.64. The van der Waals surface area contributed by atoms with E-state index in [1.54, 1.807) is 0 Å². The zero-order chi connectivity index (χ0) is 21.9. The van der Waals surface area contributed by atoms with Gasteiger partial charge in [-0.2, -0.15) is 0 Å². The van der Waals surface area contributed by atoms with Crippen molar-refractivity contribution in [1.29, 1.82) is 0 Å². The monoisotopic (exact) mass is 453 g/mol. The molecule has 0 saturated carbocycles. The maximum atomic E-state index is 9.31. The maximum absolute atomic E-state index is 9.31. The molecule has 0 unspecified atom stereocenters. The van der Waals surface area contributed by atoms with Crippen molar-refractivity contribution in [2.75, 3.05) is 50.8 Å². The van der Waals surface area contributed by atoms with E-state index in [0.717, 1.165) is 81.6 Å². The molecule has 2 aliphatic rings. The van der Waals surface area contributed by atoms with Crippen LogP contribution in [0.4, 0.5) is 5.82 Å². The molecule has 0 aliphatic carbocycles. The van der Waals surface area contributed by atoms with Crippen molar-refractivity contribution in [1.82, 2.24) is 19.8 Å². The Labute approximate surface area is 194 Å². The summed E-state index contributed by atoms with van der Waals surface area (Å²) >= 11 is 6.20. The van der Waals surface area contributed by atoms with Crippen LogP contribution in [0.25, 0.3) is 10.9 Å². The van der Waals surface area contributed by atoms with Crippen molar-refractivity contribution in [2.45, 2.75) is 25.9 Å². The summed E-state index contributed by atoms with van der Waals surface area (Å²) in [7, 11) is 0. The third kappa shape index (κ3) is 4.94. The molecular weight excluding hydrogens is 422 g/mol. The van der Waals surface area contributed by atoms with Crippen LogP contribution in [0.2, 0.25) is 5.02 Å². The first-order chi connectivity index (χ1) is 15.7.